The number of thiazole rings is 1. The first-order valence-corrected chi connectivity index (χ1v) is 9.93. The van der Waals surface area contributed by atoms with Crippen molar-refractivity contribution in [1.82, 2.24) is 10.3 Å². The van der Waals surface area contributed by atoms with Crippen LogP contribution in [0.5, 0.6) is 0 Å². The first-order chi connectivity index (χ1) is 11.7. The largest absolute Gasteiger partial charge is 0.314 e. The number of benzene rings is 1. The lowest BCUT2D eigenvalue weighted by Gasteiger charge is -2.13. The Labute approximate surface area is 155 Å². The molecule has 0 aliphatic carbocycles. The Kier molecular flexibility index (Phi) is 4.26. The van der Waals surface area contributed by atoms with Crippen LogP contribution in [0.25, 0.3) is 20.8 Å². The third-order valence-corrected chi connectivity index (χ3v) is 6.61. The maximum Gasteiger partial charge on any atom is 0.248 e. The minimum absolute atomic E-state index is 0.188. The van der Waals surface area contributed by atoms with E-state index in [1.54, 1.807) is 22.7 Å². The number of carbonyl (C=O) groups is 1. The maximum absolute atomic E-state index is 11.8. The highest BCUT2D eigenvalue weighted by molar-refractivity contribution is 9.10. The molecule has 0 spiro atoms. The third-order valence-electron chi connectivity index (χ3n) is 3.91. The molecule has 3 aromatic rings. The Hall–Kier alpha value is -1.54. The Morgan fingerprint density at radius 3 is 3.12 bits per heavy atom. The number of nitrogens with one attached hydrogen (secondary N) is 2. The van der Waals surface area contributed by atoms with Gasteiger partial charge in [0.05, 0.1) is 10.2 Å². The second-order valence-electron chi connectivity index (χ2n) is 5.46. The van der Waals surface area contributed by atoms with Crippen LogP contribution >= 0.6 is 38.6 Å². The van der Waals surface area contributed by atoms with Gasteiger partial charge in [0.2, 0.25) is 5.91 Å². The zero-order valence-electron chi connectivity index (χ0n) is 12.7. The SMILES string of the molecule is C=CC(=O)Nc1sc2c(c1-c1nc3cc(Br)ccc3s1)CCNC2. The molecule has 0 saturated heterocycles. The number of halogens is 1. The zero-order valence-corrected chi connectivity index (χ0v) is 15.9. The van der Waals surface area contributed by atoms with Gasteiger partial charge in [-0.2, -0.15) is 0 Å². The maximum atomic E-state index is 11.8. The molecule has 3 heterocycles. The third kappa shape index (κ3) is 2.82. The number of aromatic nitrogens is 1. The van der Waals surface area contributed by atoms with Gasteiger partial charge in [0.25, 0.3) is 0 Å². The Morgan fingerprint density at radius 2 is 2.29 bits per heavy atom. The molecule has 4 nitrogen and oxygen atoms in total. The topological polar surface area (TPSA) is 54.0 Å². The van der Waals surface area contributed by atoms with Gasteiger partial charge in [-0.1, -0.05) is 22.5 Å². The monoisotopic (exact) mass is 419 g/mol. The predicted molar refractivity (Wildman–Crippen MR) is 105 cm³/mol. The van der Waals surface area contributed by atoms with E-state index in [2.05, 4.69) is 39.2 Å². The van der Waals surface area contributed by atoms with Crippen LogP contribution in [0.3, 0.4) is 0 Å². The van der Waals surface area contributed by atoms with Crippen LogP contribution in [0.15, 0.2) is 35.3 Å². The average Bonchev–Trinajstić information content (AvgIpc) is 3.14. The van der Waals surface area contributed by atoms with Crippen molar-refractivity contribution in [3.63, 3.8) is 0 Å². The molecule has 24 heavy (non-hydrogen) atoms. The van der Waals surface area contributed by atoms with Crippen LogP contribution in [0, 0.1) is 0 Å². The number of nitrogens with zero attached hydrogens (tertiary/aromatic N) is 1. The van der Waals surface area contributed by atoms with Gasteiger partial charge in [0.1, 0.15) is 10.0 Å². The summed E-state index contributed by atoms with van der Waals surface area (Å²) in [5.74, 6) is -0.188. The van der Waals surface area contributed by atoms with E-state index in [1.165, 1.54) is 16.5 Å². The Morgan fingerprint density at radius 1 is 1.42 bits per heavy atom. The summed E-state index contributed by atoms with van der Waals surface area (Å²) < 4.78 is 2.16. The van der Waals surface area contributed by atoms with E-state index in [0.29, 0.717) is 0 Å². The zero-order chi connectivity index (χ0) is 16.7. The fourth-order valence-electron chi connectivity index (χ4n) is 2.82. The second kappa shape index (κ2) is 6.40. The molecule has 0 atom stereocenters. The summed E-state index contributed by atoms with van der Waals surface area (Å²) in [6, 6.07) is 6.12. The van der Waals surface area contributed by atoms with Crippen molar-refractivity contribution in [2.24, 2.45) is 0 Å². The molecule has 2 aromatic heterocycles. The molecule has 0 radical (unpaired) electrons. The first kappa shape index (κ1) is 16.0. The molecule has 1 aliphatic heterocycles. The van der Waals surface area contributed by atoms with Crippen molar-refractivity contribution in [1.29, 1.82) is 0 Å². The van der Waals surface area contributed by atoms with E-state index < -0.39 is 0 Å². The molecule has 2 N–H and O–H groups in total. The predicted octanol–water partition coefficient (Wildman–Crippen LogP) is 4.56. The average molecular weight is 420 g/mol. The molecule has 7 heteroatoms. The molecule has 0 saturated carbocycles. The fraction of sp³-hybridized carbons (Fsp3) is 0.176. The first-order valence-electron chi connectivity index (χ1n) is 7.51. The minimum atomic E-state index is -0.188. The second-order valence-corrected chi connectivity index (χ2v) is 8.51. The van der Waals surface area contributed by atoms with Crippen molar-refractivity contribution >= 4 is 59.7 Å². The van der Waals surface area contributed by atoms with Crippen molar-refractivity contribution in [2.75, 3.05) is 11.9 Å². The quantitative estimate of drug-likeness (QED) is 0.611. The number of carbonyl (C=O) groups excluding carboxylic acids is 1. The van der Waals surface area contributed by atoms with Crippen LogP contribution < -0.4 is 10.6 Å². The molecular formula is C17H14BrN3OS2. The fourth-order valence-corrected chi connectivity index (χ4v) is 5.48. The number of thiophene rings is 1. The van der Waals surface area contributed by atoms with Crippen molar-refractivity contribution in [3.05, 3.63) is 45.8 Å². The summed E-state index contributed by atoms with van der Waals surface area (Å²) in [5, 5.41) is 8.18. The van der Waals surface area contributed by atoms with Crippen LogP contribution in [-0.2, 0) is 17.8 Å². The minimum Gasteiger partial charge on any atom is -0.314 e. The molecular weight excluding hydrogens is 406 g/mol. The van der Waals surface area contributed by atoms with Gasteiger partial charge < -0.3 is 10.6 Å². The summed E-state index contributed by atoms with van der Waals surface area (Å²) in [5.41, 5.74) is 3.35. The van der Waals surface area contributed by atoms with Gasteiger partial charge in [-0.25, -0.2) is 4.98 Å². The highest BCUT2D eigenvalue weighted by atomic mass is 79.9. The summed E-state index contributed by atoms with van der Waals surface area (Å²) >= 11 is 6.79. The standard InChI is InChI=1S/C17H14BrN3OS2/c1-2-14(22)21-17-15(10-5-6-19-8-13(10)24-17)16-20-11-7-9(18)3-4-12(11)23-16/h2-4,7,19H,1,5-6,8H2,(H,21,22). The number of amides is 1. The van der Waals surface area contributed by atoms with E-state index in [4.69, 9.17) is 4.98 Å². The van der Waals surface area contributed by atoms with Crippen LogP contribution in [0.2, 0.25) is 0 Å². The van der Waals surface area contributed by atoms with Crippen molar-refractivity contribution in [3.8, 4) is 10.6 Å². The number of fused-ring (bicyclic) bond motifs is 2. The van der Waals surface area contributed by atoms with E-state index in [-0.39, 0.29) is 5.91 Å². The molecule has 122 valence electrons. The van der Waals surface area contributed by atoms with Crippen LogP contribution in [-0.4, -0.2) is 17.4 Å². The number of hydrogen-bond donors (Lipinski definition) is 2. The Balaban J connectivity index is 1.89. The number of rotatable bonds is 3. The van der Waals surface area contributed by atoms with E-state index in [0.717, 1.165) is 49.8 Å². The van der Waals surface area contributed by atoms with Crippen molar-refractivity contribution < 1.29 is 4.79 Å². The van der Waals surface area contributed by atoms with Crippen LogP contribution in [0.1, 0.15) is 10.4 Å². The summed E-state index contributed by atoms with van der Waals surface area (Å²) in [7, 11) is 0. The number of hydrogen-bond acceptors (Lipinski definition) is 5. The Bertz CT molecular complexity index is 960. The van der Waals surface area contributed by atoms with E-state index in [1.807, 2.05) is 12.1 Å². The van der Waals surface area contributed by atoms with Crippen molar-refractivity contribution in [2.45, 2.75) is 13.0 Å². The molecule has 0 bridgehead atoms. The van der Waals surface area contributed by atoms with Gasteiger partial charge in [0.15, 0.2) is 0 Å². The lowest BCUT2D eigenvalue weighted by molar-refractivity contribution is -0.111. The highest BCUT2D eigenvalue weighted by Crippen LogP contribution is 2.44. The number of anilines is 1. The normalized spacial score (nSPS) is 13.7. The summed E-state index contributed by atoms with van der Waals surface area (Å²) in [6.07, 6.45) is 2.25. The van der Waals surface area contributed by atoms with E-state index in [9.17, 15) is 4.79 Å². The molecule has 1 aromatic carbocycles. The molecule has 4 rings (SSSR count). The van der Waals surface area contributed by atoms with Gasteiger partial charge in [-0.3, -0.25) is 4.79 Å². The van der Waals surface area contributed by atoms with Gasteiger partial charge in [0, 0.05) is 21.5 Å². The lowest BCUT2D eigenvalue weighted by Crippen LogP contribution is -2.22. The smallest absolute Gasteiger partial charge is 0.248 e. The van der Waals surface area contributed by atoms with E-state index >= 15 is 0 Å². The van der Waals surface area contributed by atoms with Gasteiger partial charge >= 0.3 is 0 Å². The van der Waals surface area contributed by atoms with Crippen LogP contribution in [0.4, 0.5) is 5.00 Å². The molecule has 1 aliphatic rings. The summed E-state index contributed by atoms with van der Waals surface area (Å²) in [6.45, 7) is 5.33. The lowest BCUT2D eigenvalue weighted by atomic mass is 10.0. The molecule has 1 amide bonds. The van der Waals surface area contributed by atoms with Gasteiger partial charge in [-0.15, -0.1) is 22.7 Å². The van der Waals surface area contributed by atoms with Gasteiger partial charge in [-0.05, 0) is 42.8 Å². The summed E-state index contributed by atoms with van der Waals surface area (Å²) in [4.78, 5) is 17.9. The molecule has 0 fully saturated rings. The highest BCUT2D eigenvalue weighted by Gasteiger charge is 2.24. The molecule has 0 unspecified atom stereocenters.